The van der Waals surface area contributed by atoms with Crippen LogP contribution in [0.2, 0.25) is 0 Å². The van der Waals surface area contributed by atoms with E-state index in [1.807, 2.05) is 68.4 Å². The first-order chi connectivity index (χ1) is 21.4. The number of nitrogens with zero attached hydrogens (tertiary/aromatic N) is 3. The van der Waals surface area contributed by atoms with Crippen LogP contribution in [-0.2, 0) is 9.59 Å². The second-order valence-corrected chi connectivity index (χ2v) is 9.69. The van der Waals surface area contributed by atoms with Gasteiger partial charge in [-0.3, -0.25) is 14.4 Å². The number of amides is 3. The maximum absolute atomic E-state index is 13.0. The molecular weight excluding hydrogens is 556 g/mol. The van der Waals surface area contributed by atoms with Crippen LogP contribution in [-0.4, -0.2) is 40.3 Å². The fourth-order valence-electron chi connectivity index (χ4n) is 4.31. The Labute approximate surface area is 254 Å². The zero-order valence-electron chi connectivity index (χ0n) is 24.2. The van der Waals surface area contributed by atoms with Crippen molar-refractivity contribution in [3.63, 3.8) is 0 Å². The molecule has 3 N–H and O–H groups in total. The molecule has 5 rings (SSSR count). The molecule has 0 unspecified atom stereocenters. The number of carbonyl (C=O) groups is 3. The van der Waals surface area contributed by atoms with Gasteiger partial charge in [-0.15, -0.1) is 0 Å². The van der Waals surface area contributed by atoms with Crippen LogP contribution in [0.5, 0.6) is 5.75 Å². The number of nitrogens with one attached hydrogen (secondary N) is 3. The third-order valence-corrected chi connectivity index (χ3v) is 6.51. The van der Waals surface area contributed by atoms with Gasteiger partial charge in [0, 0.05) is 23.0 Å². The number of anilines is 2. The molecule has 4 aromatic carbocycles. The summed E-state index contributed by atoms with van der Waals surface area (Å²) in [5.74, 6) is -1.76. The molecule has 0 fully saturated rings. The van der Waals surface area contributed by atoms with Gasteiger partial charge in [-0.05, 0) is 62.4 Å². The largest absolute Gasteiger partial charge is 0.494 e. The molecule has 0 aliphatic rings. The van der Waals surface area contributed by atoms with Crippen LogP contribution in [0.25, 0.3) is 16.9 Å². The van der Waals surface area contributed by atoms with E-state index in [1.165, 1.54) is 12.3 Å². The van der Waals surface area contributed by atoms with Crippen LogP contribution in [0.3, 0.4) is 0 Å². The zero-order valence-corrected chi connectivity index (χ0v) is 24.2. The summed E-state index contributed by atoms with van der Waals surface area (Å²) in [5.41, 5.74) is 7.29. The van der Waals surface area contributed by atoms with Crippen molar-refractivity contribution in [2.24, 2.45) is 5.10 Å². The third-order valence-electron chi connectivity index (χ3n) is 6.51. The molecule has 5 aromatic rings. The SMILES string of the molecule is CCOc1ccc(NC(=O)c2ccccc2NC(=O)C(=O)NN=Cc2cn(-c3ccccc3)nc2-c2ccc(C)cc2)cc1. The molecule has 0 radical (unpaired) electrons. The van der Waals surface area contributed by atoms with Gasteiger partial charge in [0.2, 0.25) is 0 Å². The maximum atomic E-state index is 13.0. The molecule has 10 nitrogen and oxygen atoms in total. The second-order valence-electron chi connectivity index (χ2n) is 9.69. The standard InChI is InChI=1S/C34H30N6O4/c1-3-44-28-19-17-26(18-20-28)36-32(41)29-11-7-8-12-30(29)37-33(42)34(43)38-35-21-25-22-40(27-9-5-4-6-10-27)39-31(25)24-15-13-23(2)14-16-24/h4-22H,3H2,1-2H3,(H,36,41)(H,37,42)(H,38,43). The van der Waals surface area contributed by atoms with Gasteiger partial charge < -0.3 is 15.4 Å². The van der Waals surface area contributed by atoms with Crippen molar-refractivity contribution in [2.75, 3.05) is 17.2 Å². The summed E-state index contributed by atoms with van der Waals surface area (Å²) in [6.07, 6.45) is 3.23. The van der Waals surface area contributed by atoms with Crippen LogP contribution in [0.15, 0.2) is 114 Å². The smallest absolute Gasteiger partial charge is 0.329 e. The van der Waals surface area contributed by atoms with Crippen LogP contribution >= 0.6 is 0 Å². The highest BCUT2D eigenvalue weighted by molar-refractivity contribution is 6.40. The Bertz CT molecular complexity index is 1800. The fraction of sp³-hybridized carbons (Fsp3) is 0.0882. The first kappa shape index (κ1) is 29.5. The minimum Gasteiger partial charge on any atom is -0.494 e. The first-order valence-corrected chi connectivity index (χ1v) is 13.9. The van der Waals surface area contributed by atoms with Gasteiger partial charge in [-0.1, -0.05) is 60.2 Å². The molecule has 1 aromatic heterocycles. The quantitative estimate of drug-likeness (QED) is 0.118. The van der Waals surface area contributed by atoms with E-state index in [-0.39, 0.29) is 11.3 Å². The molecular formula is C34H30N6O4. The highest BCUT2D eigenvalue weighted by atomic mass is 16.5. The lowest BCUT2D eigenvalue weighted by Gasteiger charge is -2.11. The predicted octanol–water partition coefficient (Wildman–Crippen LogP) is 5.59. The molecule has 220 valence electrons. The van der Waals surface area contributed by atoms with Crippen LogP contribution < -0.4 is 20.8 Å². The van der Waals surface area contributed by atoms with E-state index < -0.39 is 17.7 Å². The summed E-state index contributed by atoms with van der Waals surface area (Å²) in [6, 6.07) is 30.8. The van der Waals surface area contributed by atoms with E-state index >= 15 is 0 Å². The molecule has 1 heterocycles. The molecule has 10 heteroatoms. The normalized spacial score (nSPS) is 10.8. The number of hydrogen-bond donors (Lipinski definition) is 3. The predicted molar refractivity (Wildman–Crippen MR) is 170 cm³/mol. The van der Waals surface area contributed by atoms with Crippen molar-refractivity contribution in [2.45, 2.75) is 13.8 Å². The number of benzene rings is 4. The summed E-state index contributed by atoms with van der Waals surface area (Å²) in [5, 5.41) is 14.0. The number of ether oxygens (including phenoxy) is 1. The average Bonchev–Trinajstić information content (AvgIpc) is 3.47. The van der Waals surface area contributed by atoms with E-state index in [4.69, 9.17) is 9.84 Å². The summed E-state index contributed by atoms with van der Waals surface area (Å²) < 4.78 is 7.15. The van der Waals surface area contributed by atoms with Gasteiger partial charge in [0.15, 0.2) is 0 Å². The Morgan fingerprint density at radius 3 is 2.27 bits per heavy atom. The molecule has 0 aliphatic carbocycles. The Morgan fingerprint density at radius 2 is 1.55 bits per heavy atom. The van der Waals surface area contributed by atoms with Gasteiger partial charge in [0.25, 0.3) is 5.91 Å². The molecule has 3 amide bonds. The van der Waals surface area contributed by atoms with E-state index in [9.17, 15) is 14.4 Å². The van der Waals surface area contributed by atoms with Gasteiger partial charge in [-0.2, -0.15) is 10.2 Å². The van der Waals surface area contributed by atoms with Crippen molar-refractivity contribution in [3.05, 3.63) is 126 Å². The van der Waals surface area contributed by atoms with Crippen molar-refractivity contribution < 1.29 is 19.1 Å². The number of carbonyl (C=O) groups excluding carboxylic acids is 3. The lowest BCUT2D eigenvalue weighted by molar-refractivity contribution is -0.136. The van der Waals surface area contributed by atoms with Crippen molar-refractivity contribution in [1.29, 1.82) is 0 Å². The van der Waals surface area contributed by atoms with Gasteiger partial charge in [-0.25, -0.2) is 10.1 Å². The first-order valence-electron chi connectivity index (χ1n) is 13.9. The maximum Gasteiger partial charge on any atom is 0.329 e. The number of hydrogen-bond acceptors (Lipinski definition) is 6. The lowest BCUT2D eigenvalue weighted by Crippen LogP contribution is -2.33. The fourth-order valence-corrected chi connectivity index (χ4v) is 4.31. The zero-order chi connectivity index (χ0) is 30.9. The number of para-hydroxylation sites is 2. The highest BCUT2D eigenvalue weighted by Crippen LogP contribution is 2.23. The molecule has 0 bridgehead atoms. The number of aryl methyl sites for hydroxylation is 1. The van der Waals surface area contributed by atoms with Crippen LogP contribution in [0.1, 0.15) is 28.4 Å². The van der Waals surface area contributed by atoms with Crippen LogP contribution in [0, 0.1) is 6.92 Å². The summed E-state index contributed by atoms with van der Waals surface area (Å²) in [4.78, 5) is 38.4. The minimum absolute atomic E-state index is 0.172. The Hall–Kier alpha value is -6.03. The van der Waals surface area contributed by atoms with E-state index in [0.717, 1.165) is 16.8 Å². The number of aromatic nitrogens is 2. The summed E-state index contributed by atoms with van der Waals surface area (Å²) in [7, 11) is 0. The highest BCUT2D eigenvalue weighted by Gasteiger charge is 2.18. The Morgan fingerprint density at radius 1 is 0.841 bits per heavy atom. The molecule has 0 saturated carbocycles. The molecule has 44 heavy (non-hydrogen) atoms. The molecule has 0 spiro atoms. The third kappa shape index (κ3) is 7.24. The summed E-state index contributed by atoms with van der Waals surface area (Å²) >= 11 is 0. The second kappa shape index (κ2) is 13.8. The molecule has 0 saturated heterocycles. The van der Waals surface area contributed by atoms with Gasteiger partial charge in [0.1, 0.15) is 11.4 Å². The lowest BCUT2D eigenvalue weighted by atomic mass is 10.1. The van der Waals surface area contributed by atoms with E-state index in [2.05, 4.69) is 21.2 Å². The van der Waals surface area contributed by atoms with E-state index in [1.54, 1.807) is 53.3 Å². The molecule has 0 aliphatic heterocycles. The van der Waals surface area contributed by atoms with Crippen LogP contribution in [0.4, 0.5) is 11.4 Å². The van der Waals surface area contributed by atoms with Crippen molar-refractivity contribution >= 4 is 35.3 Å². The van der Waals surface area contributed by atoms with E-state index in [0.29, 0.717) is 29.3 Å². The molecule has 0 atom stereocenters. The van der Waals surface area contributed by atoms with Gasteiger partial charge in [0.05, 0.1) is 29.8 Å². The van der Waals surface area contributed by atoms with Crippen molar-refractivity contribution in [3.8, 4) is 22.7 Å². The number of hydrazone groups is 1. The topological polar surface area (TPSA) is 127 Å². The minimum atomic E-state index is -1.00. The Kier molecular flexibility index (Phi) is 9.21. The van der Waals surface area contributed by atoms with Crippen molar-refractivity contribution in [1.82, 2.24) is 15.2 Å². The summed E-state index contributed by atoms with van der Waals surface area (Å²) in [6.45, 7) is 4.42. The Balaban J connectivity index is 1.27. The monoisotopic (exact) mass is 586 g/mol. The average molecular weight is 587 g/mol. The number of rotatable bonds is 9. The van der Waals surface area contributed by atoms with Gasteiger partial charge >= 0.3 is 11.8 Å².